The van der Waals surface area contributed by atoms with Gasteiger partial charge in [-0.05, 0) is 289 Å². The summed E-state index contributed by atoms with van der Waals surface area (Å²) in [5.74, 6) is 1.35. The smallest absolute Gasteiger partial charge is 0.0910 e. The predicted molar refractivity (Wildman–Crippen MR) is 477 cm³/mol. The highest BCUT2D eigenvalue weighted by Gasteiger charge is 2.29. The molecule has 0 saturated carbocycles. The Kier molecular flexibility index (Phi) is 38.2. The largest absolute Gasteiger partial charge is 0.349 e. The van der Waals surface area contributed by atoms with E-state index in [1.807, 2.05) is 193 Å². The molecule has 0 fully saturated rings. The lowest BCUT2D eigenvalue weighted by atomic mass is 9.88. The summed E-state index contributed by atoms with van der Waals surface area (Å²) >= 11 is 5.48. The van der Waals surface area contributed by atoms with Gasteiger partial charge >= 0.3 is 0 Å². The number of hydrogen-bond acceptors (Lipinski definition) is 12. The van der Waals surface area contributed by atoms with Crippen molar-refractivity contribution in [2.24, 2.45) is 0 Å². The molecule has 2 aliphatic heterocycles. The van der Waals surface area contributed by atoms with Gasteiger partial charge in [-0.2, -0.15) is 0 Å². The minimum Gasteiger partial charge on any atom is -0.349 e. The molecule has 0 spiro atoms. The van der Waals surface area contributed by atoms with Crippen LogP contribution < -0.4 is 9.80 Å². The molecular weight excluding hydrogens is 1420 g/mol. The summed E-state index contributed by atoms with van der Waals surface area (Å²) in [5, 5.41) is 0.683. The van der Waals surface area contributed by atoms with Crippen molar-refractivity contribution in [1.82, 2.24) is 49.8 Å². The number of halogens is 1. The van der Waals surface area contributed by atoms with E-state index in [9.17, 15) is 0 Å². The monoisotopic (exact) mass is 1530 g/mol. The summed E-state index contributed by atoms with van der Waals surface area (Å²) in [6.45, 7) is 27.5. The predicted octanol–water partition coefficient (Wildman–Crippen LogP) is 24.6. The van der Waals surface area contributed by atoms with Crippen LogP contribution in [0.3, 0.4) is 0 Å². The van der Waals surface area contributed by atoms with E-state index in [1.54, 1.807) is 55.4 Å². The molecule has 12 heterocycles. The fraction of sp³-hybridized carbons (Fsp3) is 0.228. The normalized spacial score (nSPS) is 12.5. The second-order valence-electron chi connectivity index (χ2n) is 28.4. The molecule has 1 atom stereocenters. The Balaban J connectivity index is 0.000000159. The van der Waals surface area contributed by atoms with Gasteiger partial charge in [0.1, 0.15) is 0 Å². The Morgan fingerprint density at radius 1 is 0.430 bits per heavy atom. The zero-order chi connectivity index (χ0) is 80.8. The fourth-order valence-corrected chi connectivity index (χ4v) is 13.0. The number of aryl methyl sites for hydroxylation is 10. The summed E-state index contributed by atoms with van der Waals surface area (Å²) < 4.78 is 0. The van der Waals surface area contributed by atoms with Crippen LogP contribution in [0.15, 0.2) is 336 Å². The van der Waals surface area contributed by atoms with Gasteiger partial charge in [-0.1, -0.05) is 177 Å². The Labute approximate surface area is 684 Å². The quantitative estimate of drug-likeness (QED) is 0.147. The topological polar surface area (TPSA) is 135 Å². The molecular formula is C101H111ClN12. The summed E-state index contributed by atoms with van der Waals surface area (Å²) in [6, 6.07) is 80.3. The third-order valence-corrected chi connectivity index (χ3v) is 18.7. The lowest BCUT2D eigenvalue weighted by Gasteiger charge is -2.45. The van der Waals surface area contributed by atoms with Gasteiger partial charge in [-0.3, -0.25) is 49.8 Å². The number of aromatic nitrogens is 10. The molecule has 1 unspecified atom stereocenters. The van der Waals surface area contributed by atoms with Crippen LogP contribution in [0.25, 0.3) is 17.2 Å². The van der Waals surface area contributed by atoms with E-state index in [0.29, 0.717) is 10.9 Å². The molecule has 4 aliphatic rings. The third-order valence-electron chi connectivity index (χ3n) is 18.5. The molecule has 14 aromatic rings. The van der Waals surface area contributed by atoms with Gasteiger partial charge in [0, 0.05) is 151 Å². The first-order chi connectivity index (χ1) is 55.5. The van der Waals surface area contributed by atoms with Gasteiger partial charge in [0.05, 0.1) is 11.7 Å². The molecule has 13 heteroatoms. The van der Waals surface area contributed by atoms with Crippen molar-refractivity contribution in [2.45, 2.75) is 146 Å². The van der Waals surface area contributed by atoms with Crippen molar-refractivity contribution in [2.75, 3.05) is 16.5 Å². The molecule has 582 valence electrons. The molecule has 4 aromatic carbocycles. The summed E-state index contributed by atoms with van der Waals surface area (Å²) in [6.07, 6.45) is 39.5. The van der Waals surface area contributed by atoms with Crippen molar-refractivity contribution in [3.63, 3.8) is 0 Å². The minimum atomic E-state index is 0.619. The van der Waals surface area contributed by atoms with Crippen molar-refractivity contribution in [1.29, 1.82) is 0 Å². The molecule has 10 aromatic heterocycles. The highest BCUT2D eigenvalue weighted by Crippen LogP contribution is 2.38. The number of pyridine rings is 10. The summed E-state index contributed by atoms with van der Waals surface area (Å²) in [7, 11) is 0. The van der Waals surface area contributed by atoms with E-state index < -0.39 is 0 Å². The Bertz CT molecular complexity index is 4730. The summed E-state index contributed by atoms with van der Waals surface area (Å²) in [5.41, 5.74) is 26.7. The number of benzene rings is 4. The van der Waals surface area contributed by atoms with Crippen molar-refractivity contribution in [3.8, 4) is 11.1 Å². The van der Waals surface area contributed by atoms with Gasteiger partial charge in [-0.25, -0.2) is 0 Å². The summed E-state index contributed by atoms with van der Waals surface area (Å²) in [4.78, 5) is 45.6. The zero-order valence-corrected chi connectivity index (χ0v) is 68.9. The minimum absolute atomic E-state index is 0.619. The molecule has 0 N–H and O–H groups in total. The van der Waals surface area contributed by atoms with Gasteiger partial charge in [0.25, 0.3) is 0 Å². The van der Waals surface area contributed by atoms with Crippen LogP contribution in [-0.4, -0.2) is 56.5 Å². The SMILES string of the molecule is C1=CCC(c2ccncc2)CC1.C=Cc1ccncc1.CC(C)c1ccncc1.Cc1cc(C)nc(C)c1.Cc1ccc2c(c1)CN1CN2Cc2cc(C)ccc21.Cc1cccc(C)n1.Cc1ccccn1.Clc1cccnc1.c1ccc(-c2cccnc2)cc1.c1ccc(Cc2ccccn2)cc1.c1cnc2c(c1)CCCC2. The van der Waals surface area contributed by atoms with Crippen molar-refractivity contribution < 1.29 is 0 Å². The van der Waals surface area contributed by atoms with E-state index in [1.165, 1.54) is 118 Å². The van der Waals surface area contributed by atoms with Crippen molar-refractivity contribution >= 4 is 29.1 Å². The first kappa shape index (κ1) is 87.3. The molecule has 2 aliphatic carbocycles. The Morgan fingerprint density at radius 2 is 0.965 bits per heavy atom. The highest BCUT2D eigenvalue weighted by molar-refractivity contribution is 6.30. The van der Waals surface area contributed by atoms with Gasteiger partial charge in [0.2, 0.25) is 0 Å². The number of fused-ring (bicyclic) bond motifs is 7. The Morgan fingerprint density at radius 3 is 1.43 bits per heavy atom. The van der Waals surface area contributed by atoms with E-state index >= 15 is 0 Å². The van der Waals surface area contributed by atoms with E-state index in [4.69, 9.17) is 11.6 Å². The number of anilines is 2. The lowest BCUT2D eigenvalue weighted by Crippen LogP contribution is -2.46. The standard InChI is InChI=1S/C17H18N2.C12H11N.C11H9N.C11H13N.C9H11N.2C8H11N.C7H9N.C7H7N.C6H7N.C5H4ClN/c1-12-3-5-16-14(7-12)9-18-11-19(16)10-15-8-13(2)4-6-17(15)18;1-2-6-11(7-3-1)10-12-8-4-5-9-13-12;1-2-5-10(6-3-1)11-7-4-8-12-9-11;1-2-4-10(5-3-1)11-6-8-12-9-7-11;1-2-6-9-8(4-1)5-3-7-10-9;1-6-4-7(2)9-8(3)5-6;1-7(2)8-3-5-9-6-4-8;1-6-4-3-5-7(2)8-6;1-2-7-3-5-8-6-4-7;1-6-4-2-3-5-7-6;6-5-2-1-3-7-4-5/h3-8H,9-11H2,1-2H3;1-9H,10H2;1-9H;1-2,6-10H,3-5H2;3,5,7H,1-2,4,6H2;4-5H,1-3H3;3-7H,1-2H3;3-5H,1-2H3;2-6H,1H2;2-5H,1H3;1-4H. The van der Waals surface area contributed by atoms with Crippen molar-refractivity contribution in [3.05, 3.63) is 436 Å². The first-order valence-electron chi connectivity index (χ1n) is 39.3. The average Bonchev–Trinajstić information content (AvgIpc) is 0.759. The molecule has 12 nitrogen and oxygen atoms in total. The first-order valence-corrected chi connectivity index (χ1v) is 39.7. The molecule has 0 radical (unpaired) electrons. The average molecular weight is 1530 g/mol. The maximum Gasteiger partial charge on any atom is 0.0910 e. The molecule has 0 amide bonds. The number of allylic oxidation sites excluding steroid dienone is 2. The van der Waals surface area contributed by atoms with Gasteiger partial charge < -0.3 is 9.80 Å². The van der Waals surface area contributed by atoms with Crippen LogP contribution in [0, 0.1) is 55.4 Å². The Hall–Kier alpha value is -12.3. The van der Waals surface area contributed by atoms with E-state index in [0.717, 1.165) is 77.4 Å². The van der Waals surface area contributed by atoms with Crippen LogP contribution in [0.5, 0.6) is 0 Å². The number of rotatable bonds is 6. The van der Waals surface area contributed by atoms with Crippen LogP contribution in [0.2, 0.25) is 5.02 Å². The zero-order valence-electron chi connectivity index (χ0n) is 68.1. The molecule has 18 rings (SSSR count). The highest BCUT2D eigenvalue weighted by atomic mass is 35.5. The molecule has 2 bridgehead atoms. The van der Waals surface area contributed by atoms with Crippen LogP contribution >= 0.6 is 11.6 Å². The number of hydrogen-bond donors (Lipinski definition) is 0. The van der Waals surface area contributed by atoms with Crippen LogP contribution in [0.4, 0.5) is 11.4 Å². The van der Waals surface area contributed by atoms with Gasteiger partial charge in [-0.15, -0.1) is 0 Å². The molecule has 114 heavy (non-hydrogen) atoms. The fourth-order valence-electron chi connectivity index (χ4n) is 12.8. The van der Waals surface area contributed by atoms with Crippen LogP contribution in [-0.2, 0) is 32.4 Å². The van der Waals surface area contributed by atoms with E-state index in [-0.39, 0.29) is 0 Å². The lowest BCUT2D eigenvalue weighted by molar-refractivity contribution is 0.616. The van der Waals surface area contributed by atoms with E-state index in [2.05, 4.69) is 222 Å². The van der Waals surface area contributed by atoms with Crippen LogP contribution in [0.1, 0.15) is 153 Å². The molecule has 0 saturated heterocycles. The number of nitrogens with zero attached hydrogens (tertiary/aromatic N) is 12. The maximum absolute atomic E-state index is 5.48. The second kappa shape index (κ2) is 49.9. The second-order valence-corrected chi connectivity index (χ2v) is 28.8. The maximum atomic E-state index is 5.48. The van der Waals surface area contributed by atoms with Gasteiger partial charge in [0.15, 0.2) is 0 Å². The third kappa shape index (κ3) is 33.0.